The van der Waals surface area contributed by atoms with Crippen molar-refractivity contribution in [2.24, 2.45) is 0 Å². The van der Waals surface area contributed by atoms with Crippen molar-refractivity contribution < 1.29 is 14.3 Å². The molecule has 0 bridgehead atoms. The number of carbonyl (C=O) groups excluding carboxylic acids is 2. The average Bonchev–Trinajstić information content (AvgIpc) is 3.32. The molecule has 1 unspecified atom stereocenters. The van der Waals surface area contributed by atoms with Crippen molar-refractivity contribution in [2.75, 3.05) is 32.8 Å². The van der Waals surface area contributed by atoms with Gasteiger partial charge in [-0.1, -0.05) is 48.5 Å². The predicted octanol–water partition coefficient (Wildman–Crippen LogP) is 3.40. The Morgan fingerprint density at radius 3 is 2.69 bits per heavy atom. The van der Waals surface area contributed by atoms with E-state index in [2.05, 4.69) is 17.1 Å². The molecule has 2 aliphatic rings. The van der Waals surface area contributed by atoms with Gasteiger partial charge >= 0.3 is 0 Å². The standard InChI is InChI=1S/C28H32N4O3/c33-26-20-35-28(21-32(26)16-11-23-7-2-1-3-8-23)12-6-15-31(17-13-28)27(34)25-10-5-4-9-24(25)19-30-18-14-29-22-30/h1-5,7-10,14,18,22H,6,11-13,15-17,19-21H2. The topological polar surface area (TPSA) is 67.7 Å². The third-order valence-corrected chi connectivity index (χ3v) is 7.19. The van der Waals surface area contributed by atoms with E-state index in [1.807, 2.05) is 63.0 Å². The molecular formula is C28H32N4O3. The number of hydrogen-bond donors (Lipinski definition) is 0. The van der Waals surface area contributed by atoms with Crippen molar-refractivity contribution in [1.82, 2.24) is 19.4 Å². The predicted molar refractivity (Wildman–Crippen MR) is 133 cm³/mol. The number of carbonyl (C=O) groups is 2. The fraction of sp³-hybridized carbons (Fsp3) is 0.393. The summed E-state index contributed by atoms with van der Waals surface area (Å²) in [6.07, 6.45) is 8.69. The van der Waals surface area contributed by atoms with E-state index >= 15 is 0 Å². The largest absolute Gasteiger partial charge is 0.363 e. The van der Waals surface area contributed by atoms with Crippen LogP contribution in [0.3, 0.4) is 0 Å². The summed E-state index contributed by atoms with van der Waals surface area (Å²) in [5.41, 5.74) is 2.57. The molecule has 3 heterocycles. The number of ether oxygens (including phenoxy) is 1. The second kappa shape index (κ2) is 10.4. The monoisotopic (exact) mass is 472 g/mol. The Bertz CT molecular complexity index is 1150. The van der Waals surface area contributed by atoms with Gasteiger partial charge in [-0.15, -0.1) is 0 Å². The van der Waals surface area contributed by atoms with Crippen LogP contribution in [0.5, 0.6) is 0 Å². The Kier molecular flexibility index (Phi) is 6.95. The molecule has 35 heavy (non-hydrogen) atoms. The summed E-state index contributed by atoms with van der Waals surface area (Å²) < 4.78 is 8.14. The van der Waals surface area contributed by atoms with Gasteiger partial charge in [-0.25, -0.2) is 4.98 Å². The lowest BCUT2D eigenvalue weighted by Crippen LogP contribution is -2.55. The molecule has 2 saturated heterocycles. The zero-order valence-electron chi connectivity index (χ0n) is 20.0. The number of rotatable bonds is 6. The molecular weight excluding hydrogens is 440 g/mol. The highest BCUT2D eigenvalue weighted by atomic mass is 16.5. The first-order chi connectivity index (χ1) is 17.1. The fourth-order valence-corrected chi connectivity index (χ4v) is 5.19. The van der Waals surface area contributed by atoms with Crippen molar-refractivity contribution >= 4 is 11.8 Å². The van der Waals surface area contributed by atoms with Crippen LogP contribution in [-0.4, -0.2) is 69.6 Å². The van der Waals surface area contributed by atoms with E-state index in [1.54, 1.807) is 12.5 Å². The molecule has 182 valence electrons. The number of benzene rings is 2. The molecule has 0 saturated carbocycles. The molecule has 7 nitrogen and oxygen atoms in total. The first-order valence-electron chi connectivity index (χ1n) is 12.4. The minimum Gasteiger partial charge on any atom is -0.363 e. The van der Waals surface area contributed by atoms with Crippen molar-refractivity contribution in [3.05, 3.63) is 90.0 Å². The zero-order chi connectivity index (χ0) is 24.1. The number of likely N-dealkylation sites (tertiary alicyclic amines) is 1. The van der Waals surface area contributed by atoms with Gasteiger partial charge in [0, 0.05) is 50.7 Å². The fourth-order valence-electron chi connectivity index (χ4n) is 5.19. The lowest BCUT2D eigenvalue weighted by Gasteiger charge is -2.42. The molecule has 2 amide bonds. The number of morpholine rings is 1. The van der Waals surface area contributed by atoms with E-state index in [4.69, 9.17) is 4.74 Å². The van der Waals surface area contributed by atoms with E-state index in [-0.39, 0.29) is 24.0 Å². The van der Waals surface area contributed by atoms with Gasteiger partial charge in [-0.3, -0.25) is 9.59 Å². The molecule has 1 spiro atoms. The van der Waals surface area contributed by atoms with Crippen LogP contribution in [-0.2, 0) is 22.5 Å². The van der Waals surface area contributed by atoms with E-state index in [0.717, 1.165) is 36.8 Å². The van der Waals surface area contributed by atoms with Gasteiger partial charge < -0.3 is 19.1 Å². The van der Waals surface area contributed by atoms with Crippen molar-refractivity contribution in [3.63, 3.8) is 0 Å². The Morgan fingerprint density at radius 1 is 1.03 bits per heavy atom. The van der Waals surface area contributed by atoms with Crippen LogP contribution in [0.4, 0.5) is 0 Å². The average molecular weight is 473 g/mol. The summed E-state index contributed by atoms with van der Waals surface area (Å²) in [5, 5.41) is 0. The van der Waals surface area contributed by atoms with Crippen molar-refractivity contribution in [1.29, 1.82) is 0 Å². The normalized spacial score (nSPS) is 20.7. The highest BCUT2D eigenvalue weighted by Crippen LogP contribution is 2.31. The van der Waals surface area contributed by atoms with Crippen LogP contribution in [0.2, 0.25) is 0 Å². The number of imidazole rings is 1. The van der Waals surface area contributed by atoms with Gasteiger partial charge in [-0.05, 0) is 42.9 Å². The van der Waals surface area contributed by atoms with Crippen LogP contribution >= 0.6 is 0 Å². The first-order valence-corrected chi connectivity index (χ1v) is 12.4. The maximum Gasteiger partial charge on any atom is 0.254 e. The van der Waals surface area contributed by atoms with Crippen LogP contribution in [0.1, 0.15) is 40.7 Å². The zero-order valence-corrected chi connectivity index (χ0v) is 20.0. The third kappa shape index (κ3) is 5.46. The summed E-state index contributed by atoms with van der Waals surface area (Å²) >= 11 is 0. The molecule has 0 radical (unpaired) electrons. The molecule has 0 N–H and O–H groups in total. The van der Waals surface area contributed by atoms with Gasteiger partial charge in [-0.2, -0.15) is 0 Å². The minimum atomic E-state index is -0.379. The molecule has 2 aromatic carbocycles. The maximum absolute atomic E-state index is 13.5. The maximum atomic E-state index is 13.5. The lowest BCUT2D eigenvalue weighted by atomic mass is 9.92. The molecule has 2 aliphatic heterocycles. The Labute approximate surface area is 206 Å². The third-order valence-electron chi connectivity index (χ3n) is 7.19. The molecule has 3 aromatic rings. The van der Waals surface area contributed by atoms with Crippen LogP contribution in [0.25, 0.3) is 0 Å². The highest BCUT2D eigenvalue weighted by molar-refractivity contribution is 5.95. The van der Waals surface area contributed by atoms with E-state index in [0.29, 0.717) is 32.7 Å². The number of amides is 2. The van der Waals surface area contributed by atoms with Crippen LogP contribution < -0.4 is 0 Å². The summed E-state index contributed by atoms with van der Waals surface area (Å²) in [5.74, 6) is 0.114. The molecule has 2 fully saturated rings. The van der Waals surface area contributed by atoms with Crippen molar-refractivity contribution in [3.8, 4) is 0 Å². The smallest absolute Gasteiger partial charge is 0.254 e. The van der Waals surface area contributed by atoms with E-state index in [9.17, 15) is 9.59 Å². The minimum absolute atomic E-state index is 0.0529. The van der Waals surface area contributed by atoms with E-state index in [1.165, 1.54) is 5.56 Å². The molecule has 1 atom stereocenters. The van der Waals surface area contributed by atoms with Gasteiger partial charge in [0.25, 0.3) is 5.91 Å². The molecule has 5 rings (SSSR count). The van der Waals surface area contributed by atoms with Gasteiger partial charge in [0.2, 0.25) is 5.91 Å². The van der Waals surface area contributed by atoms with Gasteiger partial charge in [0.15, 0.2) is 0 Å². The lowest BCUT2D eigenvalue weighted by molar-refractivity contribution is -0.165. The Balaban J connectivity index is 1.24. The van der Waals surface area contributed by atoms with Crippen LogP contribution in [0.15, 0.2) is 73.3 Å². The molecule has 0 aliphatic carbocycles. The first kappa shape index (κ1) is 23.3. The van der Waals surface area contributed by atoms with Gasteiger partial charge in [0.1, 0.15) is 6.61 Å². The second-order valence-corrected chi connectivity index (χ2v) is 9.56. The SMILES string of the molecule is O=C1COC2(CCCN(C(=O)c3ccccc3Cn3ccnc3)CC2)CN1CCc1ccccc1. The van der Waals surface area contributed by atoms with E-state index < -0.39 is 0 Å². The number of aromatic nitrogens is 2. The summed E-state index contributed by atoms with van der Waals surface area (Å²) in [6.45, 7) is 3.34. The Morgan fingerprint density at radius 2 is 1.86 bits per heavy atom. The number of hydrogen-bond acceptors (Lipinski definition) is 4. The molecule has 1 aromatic heterocycles. The van der Waals surface area contributed by atoms with Gasteiger partial charge in [0.05, 0.1) is 11.9 Å². The number of nitrogens with zero attached hydrogens (tertiary/aromatic N) is 4. The Hall–Kier alpha value is -3.45. The van der Waals surface area contributed by atoms with Crippen LogP contribution in [0, 0.1) is 0 Å². The quantitative estimate of drug-likeness (QED) is 0.552. The summed E-state index contributed by atoms with van der Waals surface area (Å²) in [7, 11) is 0. The summed E-state index contributed by atoms with van der Waals surface area (Å²) in [6, 6.07) is 18.1. The van der Waals surface area contributed by atoms with Crippen molar-refractivity contribution in [2.45, 2.75) is 37.8 Å². The second-order valence-electron chi connectivity index (χ2n) is 9.56. The highest BCUT2D eigenvalue weighted by Gasteiger charge is 2.41. The molecule has 7 heteroatoms. The summed E-state index contributed by atoms with van der Waals surface area (Å²) in [4.78, 5) is 34.1.